The molecule has 0 atom stereocenters. The monoisotopic (exact) mass is 572 g/mol. The van der Waals surface area contributed by atoms with Gasteiger partial charge in [-0.3, -0.25) is 9.31 Å². The van der Waals surface area contributed by atoms with Crippen molar-refractivity contribution in [1.82, 2.24) is 19.2 Å². The first-order valence-corrected chi connectivity index (χ1v) is 12.8. The molecule has 0 amide bonds. The Bertz CT molecular complexity index is 1500. The Kier molecular flexibility index (Phi) is 11.2. The van der Waals surface area contributed by atoms with Gasteiger partial charge in [0.05, 0.1) is 48.3 Å². The van der Waals surface area contributed by atoms with E-state index >= 15 is 0 Å². The number of nitrogens with one attached hydrogen (secondary N) is 1. The van der Waals surface area contributed by atoms with E-state index in [2.05, 4.69) is 24.0 Å². The molecule has 224 valence electrons. The van der Waals surface area contributed by atoms with Crippen LogP contribution in [-0.4, -0.2) is 73.9 Å². The molecule has 1 fully saturated rings. The van der Waals surface area contributed by atoms with Crippen molar-refractivity contribution in [3.63, 3.8) is 0 Å². The topological polar surface area (TPSA) is 149 Å². The molecule has 0 aromatic carbocycles. The average molecular weight is 573 g/mol. The lowest BCUT2D eigenvalue weighted by Crippen LogP contribution is -2.27. The predicted octanol–water partition coefficient (Wildman–Crippen LogP) is 3.90. The number of hydrogen-bond acceptors (Lipinski definition) is 9. The summed E-state index contributed by atoms with van der Waals surface area (Å²) >= 11 is 0. The number of nitrogens with zero attached hydrogens (tertiary/aromatic N) is 3. The Hall–Kier alpha value is -4.16. The Morgan fingerprint density at radius 2 is 1.68 bits per heavy atom. The number of ether oxygens (including phenoxy) is 4. The van der Waals surface area contributed by atoms with E-state index in [1.807, 2.05) is 0 Å². The summed E-state index contributed by atoms with van der Waals surface area (Å²) in [7, 11) is 0. The van der Waals surface area contributed by atoms with Crippen LogP contribution in [0.15, 0.2) is 53.8 Å². The number of aromatic nitrogens is 4. The Balaban J connectivity index is 0.000000246. The number of fused-ring (bicyclic) bond motifs is 2. The number of aromatic amines is 1. The van der Waals surface area contributed by atoms with Crippen LogP contribution in [0.2, 0.25) is 0 Å². The van der Waals surface area contributed by atoms with E-state index < -0.39 is 17.5 Å². The van der Waals surface area contributed by atoms with Gasteiger partial charge >= 0.3 is 11.9 Å². The molecule has 4 aromatic heterocycles. The van der Waals surface area contributed by atoms with Crippen LogP contribution in [0.25, 0.3) is 11.0 Å². The maximum absolute atomic E-state index is 11.8. The Labute approximate surface area is 238 Å². The van der Waals surface area contributed by atoms with Crippen LogP contribution in [0.5, 0.6) is 5.75 Å². The van der Waals surface area contributed by atoms with Crippen molar-refractivity contribution in [1.29, 1.82) is 0 Å². The van der Waals surface area contributed by atoms with Gasteiger partial charge in [0.15, 0.2) is 5.43 Å². The number of aliphatic hydroxyl groups is 1. The van der Waals surface area contributed by atoms with E-state index in [1.165, 1.54) is 24.5 Å². The lowest BCUT2D eigenvalue weighted by atomic mass is 10.2. The highest BCUT2D eigenvalue weighted by Crippen LogP contribution is 2.23. The molecule has 0 aliphatic carbocycles. The van der Waals surface area contributed by atoms with Crippen molar-refractivity contribution in [2.75, 3.05) is 26.4 Å². The SMILES string of the molecule is C.CC1(C)CO1.CCOC(=O)c1c[nH]n2ccc(=O)cc12.CCOC(=O)c1cnn2ccc(OCC(C)(C)O)cc12. The molecule has 0 radical (unpaired) electrons. The number of carbonyl (C=O) groups excluding carboxylic acids is 2. The van der Waals surface area contributed by atoms with Gasteiger partial charge in [0.2, 0.25) is 0 Å². The van der Waals surface area contributed by atoms with Crippen LogP contribution in [-0.2, 0) is 14.2 Å². The second-order valence-electron chi connectivity index (χ2n) is 10.1. The Morgan fingerprint density at radius 1 is 1.07 bits per heavy atom. The van der Waals surface area contributed by atoms with Crippen molar-refractivity contribution in [2.45, 2.75) is 60.2 Å². The number of hydrogen-bond donors (Lipinski definition) is 2. The highest BCUT2D eigenvalue weighted by atomic mass is 16.6. The van der Waals surface area contributed by atoms with Gasteiger partial charge in [-0.2, -0.15) is 5.10 Å². The second-order valence-corrected chi connectivity index (χ2v) is 10.1. The fourth-order valence-corrected chi connectivity index (χ4v) is 3.20. The van der Waals surface area contributed by atoms with Crippen LogP contribution in [0.1, 0.15) is 69.7 Å². The summed E-state index contributed by atoms with van der Waals surface area (Å²) in [5.41, 5.74) is 1.09. The van der Waals surface area contributed by atoms with Crippen LogP contribution in [0.4, 0.5) is 0 Å². The molecular weight excluding hydrogens is 532 g/mol. The standard InChI is InChI=1S/C14H18N2O4.C10H10N2O3.C4H8O.CH4/c1-4-19-13(17)11-8-15-16-6-5-10(7-12(11)16)20-9-14(2,3)18;1-2-15-10(14)8-6-11-12-4-3-7(13)5-9(8)12;1-4(2)3-5-4;/h5-8,18H,4,9H2,1-3H3;3-6,11H,2H2,1H3;3H2,1-2H3;1H4. The van der Waals surface area contributed by atoms with E-state index in [0.717, 1.165) is 6.61 Å². The molecule has 12 heteroatoms. The van der Waals surface area contributed by atoms with E-state index in [-0.39, 0.29) is 25.1 Å². The van der Waals surface area contributed by atoms with E-state index in [1.54, 1.807) is 61.3 Å². The van der Waals surface area contributed by atoms with Crippen LogP contribution in [0.3, 0.4) is 0 Å². The van der Waals surface area contributed by atoms with Crippen LogP contribution < -0.4 is 10.2 Å². The summed E-state index contributed by atoms with van der Waals surface area (Å²) in [6, 6.07) is 6.23. The van der Waals surface area contributed by atoms with Gasteiger partial charge in [-0.15, -0.1) is 0 Å². The number of esters is 2. The lowest BCUT2D eigenvalue weighted by molar-refractivity contribution is 0.0284. The van der Waals surface area contributed by atoms with Crippen molar-refractivity contribution < 1.29 is 33.6 Å². The fraction of sp³-hybridized carbons (Fsp3) is 0.448. The van der Waals surface area contributed by atoms with Crippen molar-refractivity contribution in [3.05, 3.63) is 70.4 Å². The second kappa shape index (κ2) is 14.0. The molecule has 12 nitrogen and oxygen atoms in total. The Morgan fingerprint density at radius 3 is 2.24 bits per heavy atom. The average Bonchev–Trinajstić information content (AvgIpc) is 3.27. The third kappa shape index (κ3) is 9.76. The largest absolute Gasteiger partial charge is 0.490 e. The molecule has 0 bridgehead atoms. The van der Waals surface area contributed by atoms with Crippen molar-refractivity contribution in [3.8, 4) is 5.75 Å². The summed E-state index contributed by atoms with van der Waals surface area (Å²) < 4.78 is 23.4. The quantitative estimate of drug-likeness (QED) is 0.248. The number of rotatable bonds is 7. The van der Waals surface area contributed by atoms with Gasteiger partial charge < -0.3 is 29.2 Å². The van der Waals surface area contributed by atoms with Gasteiger partial charge in [0, 0.05) is 36.8 Å². The normalized spacial score (nSPS) is 13.1. The molecule has 41 heavy (non-hydrogen) atoms. The van der Waals surface area contributed by atoms with Crippen LogP contribution >= 0.6 is 0 Å². The summed E-state index contributed by atoms with van der Waals surface area (Å²) in [5.74, 6) is -0.283. The number of pyridine rings is 2. The van der Waals surface area contributed by atoms with Crippen LogP contribution in [0, 0.1) is 0 Å². The van der Waals surface area contributed by atoms with Gasteiger partial charge in [-0.25, -0.2) is 14.1 Å². The van der Waals surface area contributed by atoms with Gasteiger partial charge in [0.1, 0.15) is 23.5 Å². The van der Waals surface area contributed by atoms with Gasteiger partial charge in [-0.05, 0) is 47.6 Å². The molecule has 4 aromatic rings. The first-order valence-electron chi connectivity index (χ1n) is 12.8. The molecule has 2 N–H and O–H groups in total. The number of epoxide rings is 1. The van der Waals surface area contributed by atoms with Crippen molar-refractivity contribution >= 4 is 23.0 Å². The molecule has 0 unspecified atom stereocenters. The highest BCUT2D eigenvalue weighted by molar-refractivity contribution is 5.97. The van der Waals surface area contributed by atoms with Gasteiger partial charge in [0.25, 0.3) is 0 Å². The van der Waals surface area contributed by atoms with Gasteiger partial charge in [-0.1, -0.05) is 7.43 Å². The minimum atomic E-state index is -0.920. The van der Waals surface area contributed by atoms with E-state index in [9.17, 15) is 19.5 Å². The molecule has 5 heterocycles. The third-order valence-corrected chi connectivity index (χ3v) is 5.35. The first-order chi connectivity index (χ1) is 18.8. The molecule has 1 aliphatic heterocycles. The molecule has 5 rings (SSSR count). The van der Waals surface area contributed by atoms with E-state index in [0.29, 0.717) is 41.1 Å². The maximum Gasteiger partial charge on any atom is 0.341 e. The lowest BCUT2D eigenvalue weighted by Gasteiger charge is -2.17. The predicted molar refractivity (Wildman–Crippen MR) is 154 cm³/mol. The van der Waals surface area contributed by atoms with Crippen molar-refractivity contribution in [2.24, 2.45) is 0 Å². The summed E-state index contributed by atoms with van der Waals surface area (Å²) in [6.07, 6.45) is 6.25. The third-order valence-electron chi connectivity index (χ3n) is 5.35. The molecule has 1 aliphatic rings. The zero-order valence-electron chi connectivity index (χ0n) is 23.6. The minimum Gasteiger partial charge on any atom is -0.490 e. The molecular formula is C29H40N4O8. The highest BCUT2D eigenvalue weighted by Gasteiger charge is 2.32. The molecule has 1 saturated heterocycles. The fourth-order valence-electron chi connectivity index (χ4n) is 3.20. The maximum atomic E-state index is 11.8. The number of carbonyl (C=O) groups is 2. The molecule has 0 spiro atoms. The molecule has 0 saturated carbocycles. The summed E-state index contributed by atoms with van der Waals surface area (Å²) in [6.45, 7) is 12.7. The zero-order chi connectivity index (χ0) is 29.5. The van der Waals surface area contributed by atoms with E-state index in [4.69, 9.17) is 18.9 Å². The zero-order valence-corrected chi connectivity index (χ0v) is 23.6. The summed E-state index contributed by atoms with van der Waals surface area (Å²) in [5, 5.41) is 16.6. The summed E-state index contributed by atoms with van der Waals surface area (Å²) in [4.78, 5) is 34.4. The first kappa shape index (κ1) is 33.0. The smallest absolute Gasteiger partial charge is 0.341 e. The number of H-pyrrole nitrogens is 1. The minimum absolute atomic E-state index is 0.